The molecule has 2 aliphatic heterocycles. The number of nitrogens with two attached hydrogens (primary N) is 1. The molecule has 0 radical (unpaired) electrons. The summed E-state index contributed by atoms with van der Waals surface area (Å²) in [4.78, 5) is 9.69. The van der Waals surface area contributed by atoms with Crippen LogP contribution in [0.2, 0.25) is 0 Å². The molecule has 0 amide bonds. The smallest absolute Gasteiger partial charge is 0.220 e. The van der Waals surface area contributed by atoms with Gasteiger partial charge in [-0.15, -0.1) is 0 Å². The second kappa shape index (κ2) is 8.73. The predicted octanol–water partition coefficient (Wildman–Crippen LogP) is 1.77. The quantitative estimate of drug-likeness (QED) is 0.506. The molecule has 162 valence electrons. The van der Waals surface area contributed by atoms with Gasteiger partial charge in [-0.1, -0.05) is 32.0 Å². The lowest BCUT2D eigenvalue weighted by atomic mass is 9.92. The van der Waals surface area contributed by atoms with Crippen LogP contribution < -0.4 is 21.8 Å². The molecule has 0 aromatic heterocycles. The zero-order valence-electron chi connectivity index (χ0n) is 18.0. The number of guanidine groups is 1. The van der Waals surface area contributed by atoms with E-state index in [-0.39, 0.29) is 18.1 Å². The van der Waals surface area contributed by atoms with E-state index in [1.807, 2.05) is 25.1 Å². The molecule has 1 fully saturated rings. The molecule has 2 heterocycles. The lowest BCUT2D eigenvalue weighted by molar-refractivity contribution is 0.370. The Kier molecular flexibility index (Phi) is 6.06. The van der Waals surface area contributed by atoms with Gasteiger partial charge in [0.25, 0.3) is 0 Å². The first-order valence-electron chi connectivity index (χ1n) is 10.9. The molecule has 1 aliphatic carbocycles. The molecule has 8 heteroatoms. The molecule has 1 saturated carbocycles. The van der Waals surface area contributed by atoms with Crippen molar-refractivity contribution in [2.75, 3.05) is 0 Å². The maximum atomic E-state index is 10.4. The number of aryl methyl sites for hydroxylation is 1. The van der Waals surface area contributed by atoms with Crippen LogP contribution in [0.4, 0.5) is 0 Å². The van der Waals surface area contributed by atoms with E-state index in [1.165, 1.54) is 0 Å². The molecule has 2 unspecified atom stereocenters. The zero-order valence-corrected chi connectivity index (χ0v) is 18.0. The summed E-state index contributed by atoms with van der Waals surface area (Å²) in [7, 11) is 0. The minimum absolute atomic E-state index is 0.111. The van der Waals surface area contributed by atoms with Crippen LogP contribution in [-0.4, -0.2) is 46.8 Å². The number of phenols is 1. The van der Waals surface area contributed by atoms with Gasteiger partial charge in [0.1, 0.15) is 18.0 Å². The number of phenolic OH excluding ortho intramolecular Hbond substituents is 1. The van der Waals surface area contributed by atoms with Crippen molar-refractivity contribution in [3.8, 4) is 5.75 Å². The van der Waals surface area contributed by atoms with Crippen LogP contribution in [0.25, 0.3) is 0 Å². The van der Waals surface area contributed by atoms with Crippen molar-refractivity contribution in [3.05, 3.63) is 29.3 Å². The van der Waals surface area contributed by atoms with Gasteiger partial charge in [0.05, 0.1) is 11.4 Å². The van der Waals surface area contributed by atoms with E-state index in [0.717, 1.165) is 48.2 Å². The topological polar surface area (TPSA) is 119 Å². The van der Waals surface area contributed by atoms with Gasteiger partial charge in [-0.05, 0) is 44.1 Å². The van der Waals surface area contributed by atoms with Crippen LogP contribution in [0.1, 0.15) is 50.7 Å². The minimum Gasteiger partial charge on any atom is -0.507 e. The summed E-state index contributed by atoms with van der Waals surface area (Å²) in [6.07, 6.45) is 3.89. The summed E-state index contributed by atoms with van der Waals surface area (Å²) in [6, 6.07) is 6.33. The number of hydrogen-bond acceptors (Lipinski definition) is 8. The first-order chi connectivity index (χ1) is 14.4. The molecule has 30 heavy (non-hydrogen) atoms. The van der Waals surface area contributed by atoms with E-state index in [4.69, 9.17) is 15.7 Å². The number of hydrogen-bond donors (Lipinski definition) is 5. The molecule has 1 aromatic rings. The summed E-state index contributed by atoms with van der Waals surface area (Å²) in [6.45, 7) is 6.66. The molecule has 1 aromatic carbocycles. The highest BCUT2D eigenvalue weighted by Crippen LogP contribution is 2.23. The van der Waals surface area contributed by atoms with Gasteiger partial charge in [0.15, 0.2) is 0 Å². The Morgan fingerprint density at radius 3 is 2.73 bits per heavy atom. The number of hydrazone groups is 1. The second-order valence-corrected chi connectivity index (χ2v) is 8.87. The zero-order chi connectivity index (χ0) is 21.3. The van der Waals surface area contributed by atoms with E-state index in [0.29, 0.717) is 30.3 Å². The van der Waals surface area contributed by atoms with Crippen molar-refractivity contribution in [1.29, 1.82) is 0 Å². The lowest BCUT2D eigenvalue weighted by Crippen LogP contribution is -2.53. The van der Waals surface area contributed by atoms with Gasteiger partial charge in [0, 0.05) is 24.2 Å². The fraction of sp³-hybridized carbons (Fsp3) is 0.591. The summed E-state index contributed by atoms with van der Waals surface area (Å²) in [5.41, 5.74) is 12.9. The maximum Gasteiger partial charge on any atom is 0.220 e. The predicted molar refractivity (Wildman–Crippen MR) is 121 cm³/mol. The van der Waals surface area contributed by atoms with E-state index >= 15 is 0 Å². The third-order valence-electron chi connectivity index (χ3n) is 6.16. The van der Waals surface area contributed by atoms with Gasteiger partial charge in [-0.25, -0.2) is 9.98 Å². The van der Waals surface area contributed by atoms with Crippen molar-refractivity contribution >= 4 is 17.4 Å². The molecule has 8 nitrogen and oxygen atoms in total. The first-order valence-corrected chi connectivity index (χ1v) is 10.9. The van der Waals surface area contributed by atoms with Crippen LogP contribution in [0.5, 0.6) is 5.75 Å². The van der Waals surface area contributed by atoms with Crippen molar-refractivity contribution < 1.29 is 5.11 Å². The minimum atomic E-state index is -0.231. The van der Waals surface area contributed by atoms with Crippen molar-refractivity contribution in [2.45, 2.75) is 77.3 Å². The highest BCUT2D eigenvalue weighted by Gasteiger charge is 2.38. The summed E-state index contributed by atoms with van der Waals surface area (Å²) < 4.78 is 0. The van der Waals surface area contributed by atoms with E-state index in [9.17, 15) is 5.11 Å². The number of benzene rings is 1. The second-order valence-electron chi connectivity index (χ2n) is 8.87. The summed E-state index contributed by atoms with van der Waals surface area (Å²) in [5, 5.41) is 21.9. The Bertz CT molecular complexity index is 868. The average Bonchev–Trinajstić information content (AvgIpc) is 3.15. The Hall–Kier alpha value is -2.45. The fourth-order valence-electron chi connectivity index (χ4n) is 4.29. The van der Waals surface area contributed by atoms with E-state index in [1.54, 1.807) is 0 Å². The monoisotopic (exact) mass is 411 g/mol. The highest BCUT2D eigenvalue weighted by molar-refractivity contribution is 6.47. The van der Waals surface area contributed by atoms with Crippen molar-refractivity contribution in [1.82, 2.24) is 16.1 Å². The Balaban J connectivity index is 1.52. The number of aromatic hydroxyl groups is 1. The molecule has 0 spiro atoms. The Morgan fingerprint density at radius 1 is 1.23 bits per heavy atom. The van der Waals surface area contributed by atoms with Crippen LogP contribution in [-0.2, 0) is 6.54 Å². The van der Waals surface area contributed by atoms with Gasteiger partial charge < -0.3 is 16.2 Å². The molecule has 2 atom stereocenters. The normalized spacial score (nSPS) is 28.4. The number of aliphatic imine (C=N–C) groups is 2. The number of nitrogens with zero attached hydrogens (tertiary/aromatic N) is 3. The van der Waals surface area contributed by atoms with Crippen LogP contribution in [0, 0.1) is 12.8 Å². The molecule has 0 saturated heterocycles. The summed E-state index contributed by atoms with van der Waals surface area (Å²) in [5.74, 6) is 1.26. The van der Waals surface area contributed by atoms with Crippen LogP contribution in [0.3, 0.4) is 0 Å². The van der Waals surface area contributed by atoms with Crippen molar-refractivity contribution in [3.63, 3.8) is 0 Å². The molecule has 4 rings (SSSR count). The number of rotatable bonds is 5. The molecule has 0 bridgehead atoms. The number of nitrogens with one attached hydrogen (secondary N) is 3. The van der Waals surface area contributed by atoms with E-state index in [2.05, 4.69) is 35.0 Å². The van der Waals surface area contributed by atoms with Gasteiger partial charge in [-0.2, -0.15) is 5.10 Å². The standard InChI is InChI=1S/C22H33N7O/c1-12(2)17-18-19(29-28-17)21(24-11-14-6-4-5-13(3)20(14)30)27-22(26-18)25-16-9-7-15(23)8-10-16/h4-6,12,15-16,19,21,24,29-30H,7-11,23H2,1-3H3,(H,25,27). The van der Waals surface area contributed by atoms with Crippen LogP contribution in [0.15, 0.2) is 33.3 Å². The third kappa shape index (κ3) is 4.34. The van der Waals surface area contributed by atoms with E-state index < -0.39 is 0 Å². The third-order valence-corrected chi connectivity index (χ3v) is 6.16. The number of fused-ring (bicyclic) bond motifs is 1. The largest absolute Gasteiger partial charge is 0.507 e. The SMILES string of the molecule is Cc1cccc(CNC2N=C(NC3CCC(N)CC3)N=C3C(C(C)C)=NNC32)c1O. The molecule has 6 N–H and O–H groups in total. The first kappa shape index (κ1) is 20.8. The maximum absolute atomic E-state index is 10.4. The van der Waals surface area contributed by atoms with Gasteiger partial charge in [0.2, 0.25) is 5.96 Å². The van der Waals surface area contributed by atoms with Crippen molar-refractivity contribution in [2.24, 2.45) is 26.7 Å². The van der Waals surface area contributed by atoms with Gasteiger partial charge in [-0.3, -0.25) is 10.7 Å². The van der Waals surface area contributed by atoms with Gasteiger partial charge >= 0.3 is 0 Å². The Morgan fingerprint density at radius 2 is 2.00 bits per heavy atom. The Labute approximate surface area is 178 Å². The average molecular weight is 412 g/mol. The number of para-hydroxylation sites is 1. The van der Waals surface area contributed by atoms with Crippen LogP contribution >= 0.6 is 0 Å². The summed E-state index contributed by atoms with van der Waals surface area (Å²) >= 11 is 0. The lowest BCUT2D eigenvalue weighted by Gasteiger charge is -2.31. The highest BCUT2D eigenvalue weighted by atomic mass is 16.3. The molecular formula is C22H33N7O. The molecule has 3 aliphatic rings. The molecular weight excluding hydrogens is 378 g/mol. The fourth-order valence-corrected chi connectivity index (χ4v) is 4.29.